The van der Waals surface area contributed by atoms with Crippen LogP contribution in [0.15, 0.2) is 0 Å². The van der Waals surface area contributed by atoms with Crippen molar-refractivity contribution >= 4 is 23.3 Å². The summed E-state index contributed by atoms with van der Waals surface area (Å²) in [6.45, 7) is 14.0. The second-order valence-electron chi connectivity index (χ2n) is 4.63. The molecular formula is C9H26N2O2Si2. The van der Waals surface area contributed by atoms with E-state index in [1.807, 2.05) is 0 Å². The average Bonchev–Trinajstić information content (AvgIpc) is 2.01. The number of amides is 1. The summed E-state index contributed by atoms with van der Waals surface area (Å²) >= 11 is 0. The Hall–Kier alpha value is -0.336. The van der Waals surface area contributed by atoms with Crippen molar-refractivity contribution in [1.29, 1.82) is 0 Å². The first-order valence-corrected chi connectivity index (χ1v) is 11.5. The molecule has 0 saturated heterocycles. The number of carbonyl (C=O) groups is 1. The minimum absolute atomic E-state index is 0.356. The normalized spacial score (nSPS) is 11.0. The molecule has 0 aliphatic rings. The van der Waals surface area contributed by atoms with Gasteiger partial charge in [-0.1, -0.05) is 32.7 Å². The Kier molecular flexibility index (Phi) is 8.98. The van der Waals surface area contributed by atoms with Gasteiger partial charge in [-0.15, -0.1) is 0 Å². The summed E-state index contributed by atoms with van der Waals surface area (Å²) in [7, 11) is 0.858. The fraction of sp³-hybridized carbons (Fsp3) is 0.889. The molecule has 0 aromatic rings. The number of nitrogens with zero attached hydrogens (tertiary/aromatic N) is 1. The topological polar surface area (TPSA) is 55.6 Å². The van der Waals surface area contributed by atoms with E-state index >= 15 is 0 Å². The van der Waals surface area contributed by atoms with E-state index in [0.29, 0.717) is 6.61 Å². The fourth-order valence-electron chi connectivity index (χ4n) is 0.917. The molecule has 0 fully saturated rings. The van der Waals surface area contributed by atoms with Gasteiger partial charge in [0.1, 0.15) is 8.24 Å². The third-order valence-corrected chi connectivity index (χ3v) is 9.66. The highest BCUT2D eigenvalue weighted by Gasteiger charge is 2.21. The van der Waals surface area contributed by atoms with Gasteiger partial charge >= 0.3 is 6.09 Å². The molecule has 0 heterocycles. The van der Waals surface area contributed by atoms with Gasteiger partial charge in [0.15, 0.2) is 0 Å². The lowest BCUT2D eigenvalue weighted by atomic mass is 10.9. The molecule has 0 unspecified atom stereocenters. The number of hydrogen-bond acceptors (Lipinski definition) is 3. The summed E-state index contributed by atoms with van der Waals surface area (Å²) in [6, 6.07) is 0. The molecule has 0 rings (SSSR count). The number of hydrogen-bond donors (Lipinski definition) is 1. The number of ether oxygens (including phenoxy) is 1. The van der Waals surface area contributed by atoms with E-state index in [1.54, 1.807) is 6.92 Å². The van der Waals surface area contributed by atoms with Gasteiger partial charge in [-0.3, -0.25) is 0 Å². The maximum atomic E-state index is 9.60. The number of nitrogens with two attached hydrogens (primary N) is 1. The molecule has 0 bridgehead atoms. The van der Waals surface area contributed by atoms with Gasteiger partial charge in [0.25, 0.3) is 0 Å². The molecule has 0 aliphatic carbocycles. The van der Waals surface area contributed by atoms with Crippen molar-refractivity contribution < 1.29 is 9.53 Å². The first kappa shape index (κ1) is 17.1. The maximum absolute atomic E-state index is 9.60. The monoisotopic (exact) mass is 250 g/mol. The molecule has 1 amide bonds. The lowest BCUT2D eigenvalue weighted by Crippen LogP contribution is -2.49. The van der Waals surface area contributed by atoms with Crippen LogP contribution in [0.2, 0.25) is 32.7 Å². The van der Waals surface area contributed by atoms with Crippen LogP contribution >= 0.6 is 0 Å². The van der Waals surface area contributed by atoms with Gasteiger partial charge in [-0.25, -0.2) is 4.79 Å². The molecule has 6 heteroatoms. The minimum atomic E-state index is -0.929. The molecule has 0 atom stereocenters. The van der Waals surface area contributed by atoms with E-state index in [1.165, 1.54) is 0 Å². The molecule has 0 aliphatic heterocycles. The highest BCUT2D eigenvalue weighted by atomic mass is 28.4. The SMILES string of the molecule is CCOC(N)=O.CN([SiH](C)C)[Si](C)(C)C. The van der Waals surface area contributed by atoms with Crippen LogP contribution in [-0.4, -0.2) is 41.2 Å². The molecule has 0 spiro atoms. The molecule has 15 heavy (non-hydrogen) atoms. The second-order valence-corrected chi connectivity index (χ2v) is 13.2. The Bertz CT molecular complexity index is 181. The van der Waals surface area contributed by atoms with Crippen molar-refractivity contribution in [2.24, 2.45) is 5.73 Å². The van der Waals surface area contributed by atoms with Gasteiger partial charge in [0.2, 0.25) is 0 Å². The summed E-state index contributed by atoms with van der Waals surface area (Å²) in [5.74, 6) is 0. The quantitative estimate of drug-likeness (QED) is 0.778. The summed E-state index contributed by atoms with van der Waals surface area (Å²) in [5, 5.41) is 0. The predicted octanol–water partition coefficient (Wildman–Crippen LogP) is 1.84. The zero-order valence-corrected chi connectivity index (χ0v) is 13.3. The molecule has 0 aromatic heterocycles. The largest absolute Gasteiger partial charge is 0.450 e. The molecule has 92 valence electrons. The van der Waals surface area contributed by atoms with Gasteiger partial charge < -0.3 is 14.7 Å². The van der Waals surface area contributed by atoms with E-state index in [2.05, 4.69) is 54.5 Å². The third kappa shape index (κ3) is 11.6. The van der Waals surface area contributed by atoms with Crippen LogP contribution in [0.3, 0.4) is 0 Å². The smallest absolute Gasteiger partial charge is 0.404 e. The van der Waals surface area contributed by atoms with Crippen molar-refractivity contribution in [3.05, 3.63) is 0 Å². The molecule has 0 aromatic carbocycles. The van der Waals surface area contributed by atoms with Crippen molar-refractivity contribution in [2.75, 3.05) is 13.7 Å². The van der Waals surface area contributed by atoms with Crippen LogP contribution in [0, 0.1) is 0 Å². The molecule has 0 saturated carbocycles. The first-order chi connectivity index (χ1) is 6.62. The second kappa shape index (κ2) is 7.89. The minimum Gasteiger partial charge on any atom is -0.450 e. The molecular weight excluding hydrogens is 224 g/mol. The summed E-state index contributed by atoms with van der Waals surface area (Å²) in [5.41, 5.74) is 4.54. The van der Waals surface area contributed by atoms with Crippen LogP contribution in [0.1, 0.15) is 6.92 Å². The van der Waals surface area contributed by atoms with Crippen LogP contribution in [0.25, 0.3) is 0 Å². The van der Waals surface area contributed by atoms with Crippen molar-refractivity contribution in [2.45, 2.75) is 39.7 Å². The highest BCUT2D eigenvalue weighted by molar-refractivity contribution is 6.82. The Balaban J connectivity index is 0. The van der Waals surface area contributed by atoms with E-state index in [-0.39, 0.29) is 0 Å². The van der Waals surface area contributed by atoms with Gasteiger partial charge in [-0.2, -0.15) is 0 Å². The summed E-state index contributed by atoms with van der Waals surface area (Å²) in [4.78, 5) is 9.60. The Morgan fingerprint density at radius 2 is 1.80 bits per heavy atom. The lowest BCUT2D eigenvalue weighted by molar-refractivity contribution is 0.163. The van der Waals surface area contributed by atoms with Crippen LogP contribution in [-0.2, 0) is 4.74 Å². The van der Waals surface area contributed by atoms with Crippen LogP contribution in [0.5, 0.6) is 0 Å². The molecule has 0 radical (unpaired) electrons. The van der Waals surface area contributed by atoms with Gasteiger partial charge in [0, 0.05) is 0 Å². The van der Waals surface area contributed by atoms with E-state index in [4.69, 9.17) is 0 Å². The Labute approximate surface area is 96.6 Å². The zero-order chi connectivity index (χ0) is 12.6. The predicted molar refractivity (Wildman–Crippen MR) is 71.2 cm³/mol. The van der Waals surface area contributed by atoms with E-state index in [0.717, 1.165) is 0 Å². The molecule has 4 nitrogen and oxygen atoms in total. The third-order valence-electron chi connectivity index (χ3n) is 2.12. The lowest BCUT2D eigenvalue weighted by Gasteiger charge is -2.33. The van der Waals surface area contributed by atoms with Crippen LogP contribution < -0.4 is 5.73 Å². The van der Waals surface area contributed by atoms with Gasteiger partial charge in [0.05, 0.1) is 15.6 Å². The highest BCUT2D eigenvalue weighted by Crippen LogP contribution is 2.07. The molecule has 2 N–H and O–H groups in total. The van der Waals surface area contributed by atoms with Crippen molar-refractivity contribution in [3.63, 3.8) is 0 Å². The van der Waals surface area contributed by atoms with Crippen molar-refractivity contribution in [3.8, 4) is 0 Å². The van der Waals surface area contributed by atoms with Gasteiger partial charge in [-0.05, 0) is 14.0 Å². The van der Waals surface area contributed by atoms with E-state index < -0.39 is 23.3 Å². The van der Waals surface area contributed by atoms with E-state index in [9.17, 15) is 4.79 Å². The number of rotatable bonds is 3. The van der Waals surface area contributed by atoms with Crippen LogP contribution in [0.4, 0.5) is 4.79 Å². The Morgan fingerprint density at radius 1 is 1.40 bits per heavy atom. The average molecular weight is 250 g/mol. The maximum Gasteiger partial charge on any atom is 0.404 e. The number of primary amides is 1. The summed E-state index contributed by atoms with van der Waals surface area (Å²) < 4.78 is 6.81. The first-order valence-electron chi connectivity index (χ1n) is 5.28. The number of carbonyl (C=O) groups excluding carboxylic acids is 1. The Morgan fingerprint density at radius 3 is 1.80 bits per heavy atom. The zero-order valence-electron chi connectivity index (χ0n) is 11.1. The van der Waals surface area contributed by atoms with Crippen molar-refractivity contribution in [1.82, 2.24) is 4.23 Å². The fourth-order valence-corrected chi connectivity index (χ4v) is 7.11. The summed E-state index contributed by atoms with van der Waals surface area (Å²) in [6.07, 6.45) is -0.711. The standard InChI is InChI=1S/C6H19NSi2.C3H7NO2/c1-7(8(2)3)9(4,5)6;1-2-6-3(4)5/h8H,1-6H3;2H2,1H3,(H2,4,5).